The van der Waals surface area contributed by atoms with Crippen LogP contribution in [-0.4, -0.2) is 37.5 Å². The number of nitrogens with one attached hydrogen (secondary N) is 1. The number of benzene rings is 2. The van der Waals surface area contributed by atoms with E-state index in [-0.39, 0.29) is 12.5 Å². The molecule has 0 heterocycles. The predicted molar refractivity (Wildman–Crippen MR) is 93.9 cm³/mol. The Kier molecular flexibility index (Phi) is 6.09. The predicted octanol–water partition coefficient (Wildman–Crippen LogP) is 3.10. The lowest BCUT2D eigenvalue weighted by Gasteiger charge is -2.24. The second kappa shape index (κ2) is 8.26. The minimum absolute atomic E-state index is 0.206. The highest BCUT2D eigenvalue weighted by atomic mass is 16.5. The Bertz CT molecular complexity index is 699. The number of para-hydroxylation sites is 1. The molecule has 5 heteroatoms. The van der Waals surface area contributed by atoms with Gasteiger partial charge in [-0.3, -0.25) is 9.69 Å². The first kappa shape index (κ1) is 17.7. The largest absolute Gasteiger partial charge is 0.462 e. The van der Waals surface area contributed by atoms with Crippen molar-refractivity contribution in [2.24, 2.45) is 0 Å². The van der Waals surface area contributed by atoms with Gasteiger partial charge in [-0.1, -0.05) is 42.5 Å². The highest BCUT2D eigenvalue weighted by molar-refractivity contribution is 6.03. The maximum Gasteiger partial charge on any atom is 0.340 e. The molecule has 1 atom stereocenters. The van der Waals surface area contributed by atoms with E-state index in [2.05, 4.69) is 5.32 Å². The molecule has 0 spiro atoms. The van der Waals surface area contributed by atoms with Crippen LogP contribution < -0.4 is 5.32 Å². The standard InChI is InChI=1S/C19H22N2O3/c1-4-24-19(23)15-12-8-9-13-16(15)20-18(22)17(21(2)3)14-10-6-5-7-11-14/h5-13,17H,4H2,1-3H3,(H,20,22). The van der Waals surface area contributed by atoms with E-state index >= 15 is 0 Å². The molecule has 0 aliphatic carbocycles. The van der Waals surface area contributed by atoms with Gasteiger partial charge in [0, 0.05) is 0 Å². The second-order valence-corrected chi connectivity index (χ2v) is 5.53. The van der Waals surface area contributed by atoms with E-state index in [1.807, 2.05) is 49.3 Å². The van der Waals surface area contributed by atoms with Crippen molar-refractivity contribution < 1.29 is 14.3 Å². The third-order valence-corrected chi connectivity index (χ3v) is 3.56. The molecule has 2 aromatic rings. The van der Waals surface area contributed by atoms with Crippen LogP contribution in [0.4, 0.5) is 5.69 Å². The fourth-order valence-corrected chi connectivity index (χ4v) is 2.50. The van der Waals surface area contributed by atoms with Crippen molar-refractivity contribution in [3.05, 3.63) is 65.7 Å². The van der Waals surface area contributed by atoms with Crippen molar-refractivity contribution in [3.8, 4) is 0 Å². The zero-order chi connectivity index (χ0) is 17.5. The van der Waals surface area contributed by atoms with Gasteiger partial charge >= 0.3 is 5.97 Å². The molecular weight excluding hydrogens is 304 g/mol. The quantitative estimate of drug-likeness (QED) is 0.829. The first-order valence-corrected chi connectivity index (χ1v) is 7.83. The Hall–Kier alpha value is -2.66. The summed E-state index contributed by atoms with van der Waals surface area (Å²) < 4.78 is 5.04. The number of ether oxygens (including phenoxy) is 1. The highest BCUT2D eigenvalue weighted by Gasteiger charge is 2.24. The molecule has 2 aromatic carbocycles. The molecule has 0 saturated heterocycles. The number of carbonyl (C=O) groups excluding carboxylic acids is 2. The lowest BCUT2D eigenvalue weighted by Crippen LogP contribution is -2.32. The van der Waals surface area contributed by atoms with Gasteiger partial charge in [0.15, 0.2) is 0 Å². The van der Waals surface area contributed by atoms with Gasteiger partial charge in [-0.25, -0.2) is 4.79 Å². The molecule has 0 fully saturated rings. The molecule has 0 aromatic heterocycles. The Morgan fingerprint density at radius 1 is 1.04 bits per heavy atom. The van der Waals surface area contributed by atoms with E-state index in [0.29, 0.717) is 11.3 Å². The summed E-state index contributed by atoms with van der Waals surface area (Å²) in [4.78, 5) is 26.7. The van der Waals surface area contributed by atoms with Crippen molar-refractivity contribution in [1.82, 2.24) is 4.90 Å². The normalized spacial score (nSPS) is 11.8. The SMILES string of the molecule is CCOC(=O)c1ccccc1NC(=O)C(c1ccccc1)N(C)C. The van der Waals surface area contributed by atoms with Crippen LogP contribution in [0.2, 0.25) is 0 Å². The summed E-state index contributed by atoms with van der Waals surface area (Å²) in [5, 5.41) is 2.85. The topological polar surface area (TPSA) is 58.6 Å². The number of rotatable bonds is 6. The molecule has 1 N–H and O–H groups in total. The number of hydrogen-bond donors (Lipinski definition) is 1. The van der Waals surface area contributed by atoms with E-state index in [1.165, 1.54) is 0 Å². The Morgan fingerprint density at radius 2 is 1.67 bits per heavy atom. The summed E-state index contributed by atoms with van der Waals surface area (Å²) in [5.41, 5.74) is 1.68. The highest BCUT2D eigenvalue weighted by Crippen LogP contribution is 2.22. The van der Waals surface area contributed by atoms with Gasteiger partial charge in [-0.05, 0) is 38.7 Å². The summed E-state index contributed by atoms with van der Waals surface area (Å²) >= 11 is 0. The van der Waals surface area contributed by atoms with Gasteiger partial charge < -0.3 is 10.1 Å². The molecule has 24 heavy (non-hydrogen) atoms. The van der Waals surface area contributed by atoms with Crippen LogP contribution in [0, 0.1) is 0 Å². The van der Waals surface area contributed by atoms with Crippen molar-refractivity contribution in [2.45, 2.75) is 13.0 Å². The van der Waals surface area contributed by atoms with Crippen LogP contribution in [0.5, 0.6) is 0 Å². The maximum atomic E-state index is 12.8. The van der Waals surface area contributed by atoms with Crippen LogP contribution in [0.1, 0.15) is 28.9 Å². The third kappa shape index (κ3) is 4.20. The number of esters is 1. The van der Waals surface area contributed by atoms with Crippen LogP contribution in [0.15, 0.2) is 54.6 Å². The summed E-state index contributed by atoms with van der Waals surface area (Å²) in [7, 11) is 3.68. The summed E-state index contributed by atoms with van der Waals surface area (Å²) in [6, 6.07) is 15.9. The molecule has 0 bridgehead atoms. The Balaban J connectivity index is 2.27. The minimum atomic E-state index is -0.457. The third-order valence-electron chi connectivity index (χ3n) is 3.56. The Labute approximate surface area is 142 Å². The monoisotopic (exact) mass is 326 g/mol. The molecule has 0 aliphatic heterocycles. The van der Waals surface area contributed by atoms with Crippen molar-refractivity contribution in [1.29, 1.82) is 0 Å². The van der Waals surface area contributed by atoms with Gasteiger partial charge in [-0.15, -0.1) is 0 Å². The molecule has 0 radical (unpaired) electrons. The zero-order valence-corrected chi connectivity index (χ0v) is 14.2. The molecular formula is C19H22N2O3. The van der Waals surface area contributed by atoms with Crippen LogP contribution in [0.3, 0.4) is 0 Å². The van der Waals surface area contributed by atoms with E-state index in [1.54, 1.807) is 31.2 Å². The van der Waals surface area contributed by atoms with Crippen LogP contribution >= 0.6 is 0 Å². The van der Waals surface area contributed by atoms with Crippen LogP contribution in [0.25, 0.3) is 0 Å². The summed E-state index contributed by atoms with van der Waals surface area (Å²) in [6.07, 6.45) is 0. The van der Waals surface area contributed by atoms with Gasteiger partial charge in [0.05, 0.1) is 17.9 Å². The lowest BCUT2D eigenvalue weighted by atomic mass is 10.0. The average Bonchev–Trinajstić information content (AvgIpc) is 2.56. The minimum Gasteiger partial charge on any atom is -0.462 e. The summed E-state index contributed by atoms with van der Waals surface area (Å²) in [5.74, 6) is -0.655. The molecule has 2 rings (SSSR count). The summed E-state index contributed by atoms with van der Waals surface area (Å²) in [6.45, 7) is 2.03. The molecule has 5 nitrogen and oxygen atoms in total. The number of nitrogens with zero attached hydrogens (tertiary/aromatic N) is 1. The molecule has 126 valence electrons. The van der Waals surface area contributed by atoms with Gasteiger partial charge in [0.2, 0.25) is 5.91 Å². The number of hydrogen-bond acceptors (Lipinski definition) is 4. The smallest absolute Gasteiger partial charge is 0.340 e. The van der Waals surface area contributed by atoms with Crippen molar-refractivity contribution >= 4 is 17.6 Å². The fourth-order valence-electron chi connectivity index (χ4n) is 2.50. The second-order valence-electron chi connectivity index (χ2n) is 5.53. The number of anilines is 1. The fraction of sp³-hybridized carbons (Fsp3) is 0.263. The van der Waals surface area contributed by atoms with Gasteiger partial charge in [0.25, 0.3) is 0 Å². The zero-order valence-electron chi connectivity index (χ0n) is 14.2. The Morgan fingerprint density at radius 3 is 2.29 bits per heavy atom. The van der Waals surface area contributed by atoms with E-state index in [4.69, 9.17) is 4.74 Å². The van der Waals surface area contributed by atoms with Crippen LogP contribution in [-0.2, 0) is 9.53 Å². The van der Waals surface area contributed by atoms with Gasteiger partial charge in [-0.2, -0.15) is 0 Å². The molecule has 0 saturated carbocycles. The first-order chi connectivity index (χ1) is 11.5. The van der Waals surface area contributed by atoms with Crippen molar-refractivity contribution in [3.63, 3.8) is 0 Å². The van der Waals surface area contributed by atoms with E-state index < -0.39 is 12.0 Å². The molecule has 1 unspecified atom stereocenters. The number of carbonyl (C=O) groups is 2. The number of amides is 1. The maximum absolute atomic E-state index is 12.8. The van der Waals surface area contributed by atoms with Gasteiger partial charge in [0.1, 0.15) is 6.04 Å². The first-order valence-electron chi connectivity index (χ1n) is 7.83. The molecule has 1 amide bonds. The van der Waals surface area contributed by atoms with E-state index in [9.17, 15) is 9.59 Å². The molecule has 0 aliphatic rings. The van der Waals surface area contributed by atoms with Crippen molar-refractivity contribution in [2.75, 3.05) is 26.0 Å². The lowest BCUT2D eigenvalue weighted by molar-refractivity contribution is -0.120. The van der Waals surface area contributed by atoms with E-state index in [0.717, 1.165) is 5.56 Å². The average molecular weight is 326 g/mol. The number of likely N-dealkylation sites (N-methyl/N-ethyl adjacent to an activating group) is 1.